The fourth-order valence-electron chi connectivity index (χ4n) is 4.43. The molecule has 5 rings (SSSR count). The second-order valence-corrected chi connectivity index (χ2v) is 10.3. The molecule has 0 bridgehead atoms. The minimum Gasteiger partial charge on any atom is -0.351 e. The van der Waals surface area contributed by atoms with Crippen molar-refractivity contribution in [2.45, 2.75) is 44.7 Å². The number of aromatic nitrogens is 3. The zero-order chi connectivity index (χ0) is 22.4. The van der Waals surface area contributed by atoms with E-state index >= 15 is 0 Å². The number of nitrogens with zero attached hydrogens (tertiary/aromatic N) is 3. The van der Waals surface area contributed by atoms with Gasteiger partial charge >= 0.3 is 0 Å². The number of ketones is 1. The molecular weight excluding hydrogens is 438 g/mol. The van der Waals surface area contributed by atoms with Gasteiger partial charge < -0.3 is 4.57 Å². The van der Waals surface area contributed by atoms with E-state index in [0.29, 0.717) is 5.16 Å². The van der Waals surface area contributed by atoms with Gasteiger partial charge in [-0.2, -0.15) is 0 Å². The van der Waals surface area contributed by atoms with Crippen LogP contribution in [-0.2, 0) is 19.9 Å². The number of rotatable bonds is 5. The molecule has 0 saturated carbocycles. The van der Waals surface area contributed by atoms with E-state index in [1.807, 2.05) is 61.9 Å². The first kappa shape index (κ1) is 21.2. The summed E-state index contributed by atoms with van der Waals surface area (Å²) in [5.74, 6) is 0.288. The smallest absolute Gasteiger partial charge is 0.267 e. The molecule has 1 aliphatic carbocycles. The number of carbonyl (C=O) groups is 1. The number of hydrogen-bond acceptors (Lipinski definition) is 5. The molecule has 0 saturated heterocycles. The molecule has 0 spiro atoms. The van der Waals surface area contributed by atoms with E-state index in [9.17, 15) is 9.59 Å². The summed E-state index contributed by atoms with van der Waals surface area (Å²) in [6, 6.07) is 11.6. The summed E-state index contributed by atoms with van der Waals surface area (Å²) < 4.78 is 3.71. The fraction of sp³-hybridized carbons (Fsp3) is 0.320. The first-order valence-corrected chi connectivity index (χ1v) is 12.7. The van der Waals surface area contributed by atoms with E-state index in [0.717, 1.165) is 52.1 Å². The molecule has 0 amide bonds. The number of Topliss-reactive ketones (excluding diaryl/α,β-unsaturated/α-hetero) is 1. The zero-order valence-corrected chi connectivity index (χ0v) is 20.1. The number of hydrogen-bond donors (Lipinski definition) is 0. The zero-order valence-electron chi connectivity index (χ0n) is 18.5. The normalized spacial score (nSPS) is 13.5. The van der Waals surface area contributed by atoms with Crippen LogP contribution >= 0.6 is 23.1 Å². The van der Waals surface area contributed by atoms with Gasteiger partial charge in [0.1, 0.15) is 4.83 Å². The predicted octanol–water partition coefficient (Wildman–Crippen LogP) is 5.26. The summed E-state index contributed by atoms with van der Waals surface area (Å²) in [6.07, 6.45) is 4.25. The van der Waals surface area contributed by atoms with Gasteiger partial charge in [0.2, 0.25) is 0 Å². The number of para-hydroxylation sites is 1. The van der Waals surface area contributed by atoms with Crippen LogP contribution in [0, 0.1) is 13.8 Å². The van der Waals surface area contributed by atoms with Crippen LogP contribution in [0.2, 0.25) is 0 Å². The van der Waals surface area contributed by atoms with Gasteiger partial charge in [0.15, 0.2) is 10.9 Å². The lowest BCUT2D eigenvalue weighted by molar-refractivity contribution is 0.102. The molecule has 4 aromatic rings. The van der Waals surface area contributed by atoms with Gasteiger partial charge in [-0.3, -0.25) is 14.2 Å². The van der Waals surface area contributed by atoms with Crippen LogP contribution in [0.4, 0.5) is 0 Å². The summed E-state index contributed by atoms with van der Waals surface area (Å²) in [7, 11) is 1.97. The molecule has 0 unspecified atom stereocenters. The Hall–Kier alpha value is -2.64. The SMILES string of the molecule is Cc1cc(C(=O)CSc2nc3sc4c(c3c(=O)n2-c2ccccc2)CCCC4)c(C)n1C. The number of fused-ring (bicyclic) bond motifs is 3. The van der Waals surface area contributed by atoms with Crippen molar-refractivity contribution in [1.29, 1.82) is 0 Å². The summed E-state index contributed by atoms with van der Waals surface area (Å²) >= 11 is 2.99. The number of aryl methyl sites for hydroxylation is 3. The Morgan fingerprint density at radius 1 is 1.16 bits per heavy atom. The van der Waals surface area contributed by atoms with Crippen molar-refractivity contribution in [3.05, 3.63) is 74.1 Å². The third-order valence-electron chi connectivity index (χ3n) is 6.38. The first-order valence-electron chi connectivity index (χ1n) is 10.9. The van der Waals surface area contributed by atoms with E-state index in [4.69, 9.17) is 4.98 Å². The van der Waals surface area contributed by atoms with E-state index < -0.39 is 0 Å². The Labute approximate surface area is 195 Å². The number of thioether (sulfide) groups is 1. The third kappa shape index (κ3) is 3.53. The van der Waals surface area contributed by atoms with Crippen LogP contribution < -0.4 is 5.56 Å². The quantitative estimate of drug-likeness (QED) is 0.230. The molecule has 0 fully saturated rings. The topological polar surface area (TPSA) is 56.9 Å². The highest BCUT2D eigenvalue weighted by Crippen LogP contribution is 2.35. The second kappa shape index (κ2) is 8.37. The minimum absolute atomic E-state index is 0.0257. The van der Waals surface area contributed by atoms with Crippen LogP contribution in [-0.4, -0.2) is 25.7 Å². The van der Waals surface area contributed by atoms with Gasteiger partial charge in [-0.15, -0.1) is 11.3 Å². The maximum atomic E-state index is 13.7. The Morgan fingerprint density at radius 3 is 2.62 bits per heavy atom. The predicted molar refractivity (Wildman–Crippen MR) is 132 cm³/mol. The molecule has 3 aromatic heterocycles. The number of benzene rings is 1. The molecule has 32 heavy (non-hydrogen) atoms. The van der Waals surface area contributed by atoms with Gasteiger partial charge in [-0.25, -0.2) is 4.98 Å². The summed E-state index contributed by atoms with van der Waals surface area (Å²) in [6.45, 7) is 3.96. The van der Waals surface area contributed by atoms with Crippen molar-refractivity contribution in [2.24, 2.45) is 7.05 Å². The lowest BCUT2D eigenvalue weighted by Gasteiger charge is -2.13. The highest BCUT2D eigenvalue weighted by atomic mass is 32.2. The van der Waals surface area contributed by atoms with Gasteiger partial charge in [-0.1, -0.05) is 30.0 Å². The van der Waals surface area contributed by atoms with Crippen LogP contribution in [0.15, 0.2) is 46.3 Å². The summed E-state index contributed by atoms with van der Waals surface area (Å²) in [5, 5.41) is 1.34. The maximum Gasteiger partial charge on any atom is 0.267 e. The van der Waals surface area contributed by atoms with Gasteiger partial charge in [0, 0.05) is 28.9 Å². The van der Waals surface area contributed by atoms with Crippen molar-refractivity contribution in [3.63, 3.8) is 0 Å². The highest BCUT2D eigenvalue weighted by Gasteiger charge is 2.23. The minimum atomic E-state index is -0.0257. The van der Waals surface area contributed by atoms with E-state index in [2.05, 4.69) is 0 Å². The largest absolute Gasteiger partial charge is 0.351 e. The molecule has 0 atom stereocenters. The molecule has 3 heterocycles. The van der Waals surface area contributed by atoms with Crippen LogP contribution in [0.25, 0.3) is 15.9 Å². The van der Waals surface area contributed by atoms with E-state index in [1.54, 1.807) is 15.9 Å². The summed E-state index contributed by atoms with van der Waals surface area (Å²) in [5.41, 5.74) is 4.69. The average molecular weight is 464 g/mol. The monoisotopic (exact) mass is 463 g/mol. The molecule has 0 N–H and O–H groups in total. The summed E-state index contributed by atoms with van der Waals surface area (Å²) in [4.78, 5) is 33.8. The third-order valence-corrected chi connectivity index (χ3v) is 8.50. The van der Waals surface area contributed by atoms with Gasteiger partial charge in [-0.05, 0) is 63.3 Å². The van der Waals surface area contributed by atoms with Crippen molar-refractivity contribution in [2.75, 3.05) is 5.75 Å². The average Bonchev–Trinajstić information content (AvgIpc) is 3.30. The molecule has 1 aliphatic rings. The molecule has 0 aliphatic heterocycles. The molecule has 5 nitrogen and oxygen atoms in total. The molecule has 164 valence electrons. The van der Waals surface area contributed by atoms with Crippen LogP contribution in [0.1, 0.15) is 45.0 Å². The molecule has 7 heteroatoms. The molecule has 1 aromatic carbocycles. The Bertz CT molecular complexity index is 1400. The Balaban J connectivity index is 1.59. The number of thiophene rings is 1. The van der Waals surface area contributed by atoms with Crippen molar-refractivity contribution < 1.29 is 4.79 Å². The standard InChI is InChI=1S/C25H25N3O2S2/c1-15-13-19(16(2)27(15)3)20(29)14-31-25-26-23-22(18-11-7-8-12-21(18)32-23)24(30)28(25)17-9-5-4-6-10-17/h4-6,9-10,13H,7-8,11-12,14H2,1-3H3. The van der Waals surface area contributed by atoms with Gasteiger partial charge in [0.05, 0.1) is 16.8 Å². The Morgan fingerprint density at radius 2 is 1.91 bits per heavy atom. The fourth-order valence-corrected chi connectivity index (χ4v) is 6.63. The highest BCUT2D eigenvalue weighted by molar-refractivity contribution is 7.99. The van der Waals surface area contributed by atoms with E-state index in [1.165, 1.54) is 28.6 Å². The van der Waals surface area contributed by atoms with E-state index in [-0.39, 0.29) is 17.1 Å². The van der Waals surface area contributed by atoms with Crippen molar-refractivity contribution >= 4 is 39.1 Å². The van der Waals surface area contributed by atoms with Gasteiger partial charge in [0.25, 0.3) is 5.56 Å². The lowest BCUT2D eigenvalue weighted by Crippen LogP contribution is -2.22. The second-order valence-electron chi connectivity index (χ2n) is 8.32. The maximum absolute atomic E-state index is 13.7. The number of carbonyl (C=O) groups excluding carboxylic acids is 1. The Kier molecular flexibility index (Phi) is 5.55. The molecular formula is C25H25N3O2S2. The van der Waals surface area contributed by atoms with Crippen molar-refractivity contribution in [1.82, 2.24) is 14.1 Å². The van der Waals surface area contributed by atoms with Crippen LogP contribution in [0.5, 0.6) is 0 Å². The van der Waals surface area contributed by atoms with Crippen LogP contribution in [0.3, 0.4) is 0 Å². The lowest BCUT2D eigenvalue weighted by atomic mass is 9.97. The van der Waals surface area contributed by atoms with Crippen molar-refractivity contribution in [3.8, 4) is 5.69 Å². The molecule has 0 radical (unpaired) electrons. The first-order chi connectivity index (χ1) is 15.5.